The van der Waals surface area contributed by atoms with Gasteiger partial charge >= 0.3 is 5.97 Å². The number of rotatable bonds is 9. The summed E-state index contributed by atoms with van der Waals surface area (Å²) in [6.45, 7) is 0.458. The van der Waals surface area contributed by atoms with Gasteiger partial charge in [0.05, 0.1) is 36.1 Å². The summed E-state index contributed by atoms with van der Waals surface area (Å²) in [6, 6.07) is 3.11. The smallest absolute Gasteiger partial charge is 0.335 e. The highest BCUT2D eigenvalue weighted by Crippen LogP contribution is 2.40. The molecule has 1 aliphatic heterocycles. The first-order valence-electron chi connectivity index (χ1n) is 10.8. The van der Waals surface area contributed by atoms with Crippen LogP contribution in [-0.2, 0) is 29.0 Å². The summed E-state index contributed by atoms with van der Waals surface area (Å²) in [5.41, 5.74) is -0.362. The quantitative estimate of drug-likeness (QED) is 0.270. The van der Waals surface area contributed by atoms with Crippen molar-refractivity contribution in [1.82, 2.24) is 0 Å². The Morgan fingerprint density at radius 2 is 2.09 bits per heavy atom. The van der Waals surface area contributed by atoms with Crippen LogP contribution in [0.25, 0.3) is 0 Å². The number of hydrogen-bond donors (Lipinski definition) is 5. The van der Waals surface area contributed by atoms with Crippen LogP contribution in [0.1, 0.15) is 19.8 Å². The number of hydrogen-bond acceptors (Lipinski definition) is 10. The van der Waals surface area contributed by atoms with Crippen molar-refractivity contribution in [1.29, 1.82) is 0 Å². The van der Waals surface area contributed by atoms with Crippen LogP contribution in [0.4, 0.5) is 10.1 Å². The maximum absolute atomic E-state index is 13.3. The summed E-state index contributed by atoms with van der Waals surface area (Å²) < 4.78 is 58.4. The molecule has 1 fully saturated rings. The van der Waals surface area contributed by atoms with Gasteiger partial charge in [0, 0.05) is 6.42 Å². The Morgan fingerprint density at radius 1 is 1.37 bits per heavy atom. The van der Waals surface area contributed by atoms with Crippen molar-refractivity contribution < 1.29 is 52.2 Å². The van der Waals surface area contributed by atoms with Crippen molar-refractivity contribution in [3.63, 3.8) is 0 Å². The van der Waals surface area contributed by atoms with Gasteiger partial charge in [0.25, 0.3) is 0 Å². The summed E-state index contributed by atoms with van der Waals surface area (Å²) in [4.78, 5) is 12.7. The lowest BCUT2D eigenvalue weighted by Crippen LogP contribution is -2.48. The van der Waals surface area contributed by atoms with E-state index in [0.717, 1.165) is 24.3 Å². The lowest BCUT2D eigenvalue weighted by molar-refractivity contribution is -0.170. The fraction of sp³-hybridized carbons (Fsp3) is 0.571. The van der Waals surface area contributed by atoms with E-state index in [0.29, 0.717) is 0 Å². The molecule has 0 saturated carbocycles. The van der Waals surface area contributed by atoms with Crippen molar-refractivity contribution >= 4 is 33.3 Å². The van der Waals surface area contributed by atoms with Crippen LogP contribution in [0.3, 0.4) is 0 Å². The molecule has 2 unspecified atom stereocenters. The van der Waals surface area contributed by atoms with Gasteiger partial charge in [0.1, 0.15) is 35.5 Å². The molecule has 1 aliphatic carbocycles. The molecule has 1 spiro atoms. The Hall–Kier alpha value is -1.84. The molecule has 11 nitrogen and oxygen atoms in total. The highest BCUT2D eigenvalue weighted by molar-refractivity contribution is 7.93. The molecule has 0 aromatic heterocycles. The number of aliphatic hydroxyl groups is 4. The van der Waals surface area contributed by atoms with Crippen molar-refractivity contribution in [2.45, 2.75) is 55.2 Å². The minimum atomic E-state index is -4.28. The highest BCUT2D eigenvalue weighted by Gasteiger charge is 2.50. The molecule has 1 aromatic rings. The van der Waals surface area contributed by atoms with E-state index in [2.05, 4.69) is 4.72 Å². The van der Waals surface area contributed by atoms with Gasteiger partial charge in [-0.1, -0.05) is 11.6 Å². The van der Waals surface area contributed by atoms with Crippen LogP contribution >= 0.6 is 11.6 Å². The Balaban J connectivity index is 1.88. The van der Waals surface area contributed by atoms with Crippen LogP contribution in [0.5, 0.6) is 0 Å². The number of anilines is 1. The van der Waals surface area contributed by atoms with Gasteiger partial charge in [0.2, 0.25) is 10.0 Å². The summed E-state index contributed by atoms with van der Waals surface area (Å²) in [7, 11) is -4.28. The second kappa shape index (κ2) is 11.0. The largest absolute Gasteiger partial charge is 0.463 e. The number of carbonyl (C=O) groups is 1. The molecular formula is C21H27ClFNO10S. The number of ether oxygens (including phenoxy) is 3. The summed E-state index contributed by atoms with van der Waals surface area (Å²) in [6.07, 6.45) is -5.20. The maximum Gasteiger partial charge on any atom is 0.335 e. The third kappa shape index (κ3) is 6.12. The number of sulfonamides is 1. The normalized spacial score (nSPS) is 27.2. The van der Waals surface area contributed by atoms with E-state index in [1.165, 1.54) is 0 Å². The molecule has 2 aliphatic rings. The number of carbonyl (C=O) groups excluding carboxylic acids is 1. The molecule has 14 heteroatoms. The predicted octanol–water partition coefficient (Wildman–Crippen LogP) is 0.0594. The summed E-state index contributed by atoms with van der Waals surface area (Å²) >= 11 is 5.93. The Labute approximate surface area is 206 Å². The van der Waals surface area contributed by atoms with Crippen molar-refractivity contribution in [3.8, 4) is 0 Å². The van der Waals surface area contributed by atoms with Crippen LogP contribution < -0.4 is 4.72 Å². The monoisotopic (exact) mass is 539 g/mol. The van der Waals surface area contributed by atoms with Gasteiger partial charge in [0.15, 0.2) is 5.79 Å². The molecule has 1 heterocycles. The van der Waals surface area contributed by atoms with Gasteiger partial charge in [-0.15, -0.1) is 0 Å². The minimum Gasteiger partial charge on any atom is -0.463 e. The fourth-order valence-electron chi connectivity index (χ4n) is 3.89. The first-order valence-corrected chi connectivity index (χ1v) is 12.7. The first-order chi connectivity index (χ1) is 16.4. The third-order valence-electron chi connectivity index (χ3n) is 5.70. The average Bonchev–Trinajstić information content (AvgIpc) is 3.22. The standard InChI is InChI=1S/C21H27ClFNO10S/c1-2-32-20(29)12-8-21(33-10-16(34-21)19(28)18(27)15(26)9-25)6-5-17(12)35(30,31)24-14-4-3-11(23)7-13(14)22/h3-4,7-8,15-19,24-28H,2,5-6,9-10H2,1H3/t15-,16-,17?,18-,19-,21?/m1/s1. The Bertz CT molecular complexity index is 1070. The molecule has 0 radical (unpaired) electrons. The lowest BCUT2D eigenvalue weighted by atomic mass is 9.94. The number of halogens is 2. The average molecular weight is 540 g/mol. The summed E-state index contributed by atoms with van der Waals surface area (Å²) in [5, 5.41) is 37.3. The Morgan fingerprint density at radius 3 is 2.71 bits per heavy atom. The van der Waals surface area contributed by atoms with E-state index < -0.39 is 63.9 Å². The van der Waals surface area contributed by atoms with Crippen LogP contribution in [0.2, 0.25) is 5.02 Å². The summed E-state index contributed by atoms with van der Waals surface area (Å²) in [5.74, 6) is -3.19. The molecule has 1 aromatic carbocycles. The number of nitrogens with one attached hydrogen (secondary N) is 1. The third-order valence-corrected chi connectivity index (χ3v) is 7.76. The second-order valence-electron chi connectivity index (χ2n) is 8.13. The second-order valence-corrected chi connectivity index (χ2v) is 10.4. The van der Waals surface area contributed by atoms with Crippen LogP contribution in [0.15, 0.2) is 29.8 Å². The van der Waals surface area contributed by atoms with Crippen molar-refractivity contribution in [2.75, 3.05) is 24.5 Å². The van der Waals surface area contributed by atoms with Crippen LogP contribution in [-0.4, -0.2) is 90.1 Å². The number of benzene rings is 1. The van der Waals surface area contributed by atoms with Crippen molar-refractivity contribution in [2.24, 2.45) is 0 Å². The van der Waals surface area contributed by atoms with E-state index in [4.69, 9.17) is 30.9 Å². The molecule has 1 saturated heterocycles. The van der Waals surface area contributed by atoms with Gasteiger partial charge in [-0.2, -0.15) is 0 Å². The SMILES string of the molecule is CCOC(=O)C1=CC2(CCC1S(=O)(=O)Nc1ccc(F)cc1Cl)OC[C@H]([C@@H](O)[C@H](O)[C@H](O)CO)O2. The Kier molecular flexibility index (Phi) is 8.76. The van der Waals surface area contributed by atoms with E-state index in [1.54, 1.807) is 6.92 Å². The molecule has 6 atom stereocenters. The zero-order chi connectivity index (χ0) is 26.0. The molecule has 35 heavy (non-hydrogen) atoms. The molecule has 0 amide bonds. The van der Waals surface area contributed by atoms with E-state index in [1.807, 2.05) is 0 Å². The number of esters is 1. The van der Waals surface area contributed by atoms with Gasteiger partial charge in [-0.05, 0) is 37.6 Å². The predicted molar refractivity (Wildman–Crippen MR) is 120 cm³/mol. The minimum absolute atomic E-state index is 0.0402. The van der Waals surface area contributed by atoms with Crippen LogP contribution in [0, 0.1) is 5.82 Å². The van der Waals surface area contributed by atoms with E-state index in [9.17, 15) is 32.9 Å². The lowest BCUT2D eigenvalue weighted by Gasteiger charge is -2.34. The molecular weight excluding hydrogens is 513 g/mol. The highest BCUT2D eigenvalue weighted by atomic mass is 35.5. The molecule has 3 rings (SSSR count). The molecule has 5 N–H and O–H groups in total. The molecule has 196 valence electrons. The van der Waals surface area contributed by atoms with Gasteiger partial charge in [-0.25, -0.2) is 17.6 Å². The number of aliphatic hydroxyl groups excluding tert-OH is 4. The fourth-order valence-corrected chi connectivity index (χ4v) is 5.72. The first kappa shape index (κ1) is 27.7. The van der Waals surface area contributed by atoms with Gasteiger partial charge < -0.3 is 34.6 Å². The van der Waals surface area contributed by atoms with Gasteiger partial charge in [-0.3, -0.25) is 4.72 Å². The van der Waals surface area contributed by atoms with E-state index in [-0.39, 0.29) is 42.3 Å². The van der Waals surface area contributed by atoms with E-state index >= 15 is 0 Å². The maximum atomic E-state index is 13.3. The van der Waals surface area contributed by atoms with Crippen molar-refractivity contribution in [3.05, 3.63) is 40.7 Å². The zero-order valence-electron chi connectivity index (χ0n) is 18.6. The topological polar surface area (TPSA) is 172 Å². The molecule has 0 bridgehead atoms. The zero-order valence-corrected chi connectivity index (χ0v) is 20.2.